The molecule has 0 radical (unpaired) electrons. The maximum absolute atomic E-state index is 10.8. The lowest BCUT2D eigenvalue weighted by Crippen LogP contribution is -2.29. The van der Waals surface area contributed by atoms with Gasteiger partial charge in [0.2, 0.25) is 0 Å². The molecule has 0 rings (SSSR count). The fourth-order valence-electron chi connectivity index (χ4n) is 0.448. The quantitative estimate of drug-likeness (QED) is 0.513. The molecular weight excluding hydrogens is 162 g/mol. The summed E-state index contributed by atoms with van der Waals surface area (Å²) < 4.78 is 4.72. The van der Waals surface area contributed by atoms with E-state index in [0.29, 0.717) is 12.4 Å². The Balaban J connectivity index is 3.46. The summed E-state index contributed by atoms with van der Waals surface area (Å²) >= 11 is 1.38. The van der Waals surface area contributed by atoms with Crippen LogP contribution in [-0.4, -0.2) is 23.2 Å². The Morgan fingerprint density at radius 2 is 2.18 bits per heavy atom. The average Bonchev–Trinajstić information content (AvgIpc) is 1.83. The van der Waals surface area contributed by atoms with Gasteiger partial charge in [0, 0.05) is 0 Å². The molecule has 0 heterocycles. The lowest BCUT2D eigenvalue weighted by Gasteiger charge is -2.16. The van der Waals surface area contributed by atoms with Gasteiger partial charge < -0.3 is 10.5 Å². The van der Waals surface area contributed by atoms with Gasteiger partial charge in [-0.15, -0.1) is 11.8 Å². The largest absolute Gasteiger partial charge is 0.465 e. The van der Waals surface area contributed by atoms with Gasteiger partial charge in [-0.05, 0) is 20.8 Å². The van der Waals surface area contributed by atoms with Crippen molar-refractivity contribution in [2.75, 3.05) is 12.4 Å². The van der Waals surface area contributed by atoms with Gasteiger partial charge in [-0.2, -0.15) is 0 Å². The molecule has 2 N–H and O–H groups in total. The minimum absolute atomic E-state index is 0.198. The molecule has 0 aliphatic rings. The van der Waals surface area contributed by atoms with E-state index in [1.807, 2.05) is 13.8 Å². The first-order chi connectivity index (χ1) is 4.95. The highest BCUT2D eigenvalue weighted by Crippen LogP contribution is 2.17. The predicted octanol–water partition coefficient (Wildman–Crippen LogP) is 0.978. The zero-order chi connectivity index (χ0) is 8.91. The predicted molar refractivity (Wildman–Crippen MR) is 47.4 cm³/mol. The molecule has 66 valence electrons. The van der Waals surface area contributed by atoms with Gasteiger partial charge in [-0.3, -0.25) is 4.79 Å². The van der Waals surface area contributed by atoms with E-state index in [1.54, 1.807) is 6.92 Å². The van der Waals surface area contributed by atoms with Gasteiger partial charge in [0.1, 0.15) is 0 Å². The second-order valence-electron chi connectivity index (χ2n) is 2.70. The van der Waals surface area contributed by atoms with Crippen molar-refractivity contribution in [1.82, 2.24) is 0 Å². The molecule has 3 nitrogen and oxygen atoms in total. The van der Waals surface area contributed by atoms with Gasteiger partial charge in [0.25, 0.3) is 0 Å². The van der Waals surface area contributed by atoms with Crippen LogP contribution in [0.5, 0.6) is 0 Å². The van der Waals surface area contributed by atoms with Crippen molar-refractivity contribution >= 4 is 17.7 Å². The van der Waals surface area contributed by atoms with Gasteiger partial charge in [0.05, 0.1) is 17.2 Å². The van der Waals surface area contributed by atoms with E-state index in [4.69, 9.17) is 10.5 Å². The summed E-state index contributed by atoms with van der Waals surface area (Å²) in [6.07, 6.45) is 0. The molecule has 11 heavy (non-hydrogen) atoms. The second-order valence-corrected chi connectivity index (χ2v) is 4.33. The van der Waals surface area contributed by atoms with Gasteiger partial charge >= 0.3 is 5.97 Å². The van der Waals surface area contributed by atoms with E-state index < -0.39 is 0 Å². The zero-order valence-electron chi connectivity index (χ0n) is 7.22. The lowest BCUT2D eigenvalue weighted by atomic mass is 10.4. The number of thioether (sulfide) groups is 1. The third-order valence-corrected chi connectivity index (χ3v) is 1.99. The van der Waals surface area contributed by atoms with Crippen LogP contribution in [0.15, 0.2) is 0 Å². The van der Waals surface area contributed by atoms with E-state index in [0.717, 1.165) is 0 Å². The van der Waals surface area contributed by atoms with Crippen LogP contribution in [0.2, 0.25) is 0 Å². The number of rotatable bonds is 4. The second kappa shape index (κ2) is 4.62. The number of hydrogen-bond acceptors (Lipinski definition) is 4. The Kier molecular flexibility index (Phi) is 4.52. The Bertz CT molecular complexity index is 131. The van der Waals surface area contributed by atoms with E-state index >= 15 is 0 Å². The molecule has 0 saturated carbocycles. The Labute approximate surface area is 71.7 Å². The van der Waals surface area contributed by atoms with Gasteiger partial charge in [-0.25, -0.2) is 0 Å². The number of carbonyl (C=O) groups excluding carboxylic acids is 1. The molecule has 0 fully saturated rings. The van der Waals surface area contributed by atoms with Gasteiger partial charge in [-0.1, -0.05) is 0 Å². The summed E-state index contributed by atoms with van der Waals surface area (Å²) in [6, 6.07) is 0. The number of hydrogen-bond donors (Lipinski definition) is 1. The molecule has 0 saturated heterocycles. The summed E-state index contributed by atoms with van der Waals surface area (Å²) in [4.78, 5) is 10.4. The van der Waals surface area contributed by atoms with Crippen molar-refractivity contribution in [3.05, 3.63) is 0 Å². The first-order valence-corrected chi connectivity index (χ1v) is 4.52. The molecule has 0 spiro atoms. The van der Waals surface area contributed by atoms with Crippen molar-refractivity contribution in [2.24, 2.45) is 5.73 Å². The van der Waals surface area contributed by atoms with Crippen LogP contribution in [0.1, 0.15) is 20.8 Å². The zero-order valence-corrected chi connectivity index (χ0v) is 8.03. The van der Waals surface area contributed by atoms with Crippen LogP contribution in [0.25, 0.3) is 0 Å². The van der Waals surface area contributed by atoms with Crippen LogP contribution in [-0.2, 0) is 9.53 Å². The maximum Gasteiger partial charge on any atom is 0.315 e. The SMILES string of the molecule is CCOC(=O)CSC(C)(C)N. The number of esters is 1. The molecule has 0 atom stereocenters. The van der Waals surface area contributed by atoms with Gasteiger partial charge in [0.15, 0.2) is 0 Å². The summed E-state index contributed by atoms with van der Waals surface area (Å²) in [7, 11) is 0. The molecule has 0 unspecified atom stereocenters. The molecule has 0 amide bonds. The number of ether oxygens (including phenoxy) is 1. The monoisotopic (exact) mass is 177 g/mol. The van der Waals surface area contributed by atoms with E-state index in [9.17, 15) is 4.79 Å². The molecule has 0 aliphatic carbocycles. The highest BCUT2D eigenvalue weighted by Gasteiger charge is 2.13. The highest BCUT2D eigenvalue weighted by molar-refractivity contribution is 8.01. The van der Waals surface area contributed by atoms with Crippen molar-refractivity contribution in [3.63, 3.8) is 0 Å². The first-order valence-electron chi connectivity index (χ1n) is 3.54. The van der Waals surface area contributed by atoms with Crippen molar-refractivity contribution in [1.29, 1.82) is 0 Å². The third kappa shape index (κ3) is 7.68. The van der Waals surface area contributed by atoms with Crippen LogP contribution in [0.3, 0.4) is 0 Å². The standard InChI is InChI=1S/C7H15NO2S/c1-4-10-6(9)5-11-7(2,3)8/h4-5,8H2,1-3H3. The first kappa shape index (κ1) is 10.8. The van der Waals surface area contributed by atoms with Crippen LogP contribution in [0.4, 0.5) is 0 Å². The topological polar surface area (TPSA) is 52.3 Å². The molecule has 0 aromatic heterocycles. The fraction of sp³-hybridized carbons (Fsp3) is 0.857. The van der Waals surface area contributed by atoms with Crippen LogP contribution < -0.4 is 5.73 Å². The van der Waals surface area contributed by atoms with Crippen molar-refractivity contribution in [2.45, 2.75) is 25.6 Å². The minimum atomic E-state index is -0.354. The Morgan fingerprint density at radius 1 is 1.64 bits per heavy atom. The molecule has 0 aromatic rings. The van der Waals surface area contributed by atoms with Crippen molar-refractivity contribution in [3.8, 4) is 0 Å². The summed E-state index contributed by atoms with van der Waals surface area (Å²) in [5, 5.41) is 0. The molecule has 4 heteroatoms. The maximum atomic E-state index is 10.8. The molecular formula is C7H15NO2S. The van der Waals surface area contributed by atoms with Crippen molar-refractivity contribution < 1.29 is 9.53 Å². The highest BCUT2D eigenvalue weighted by atomic mass is 32.2. The van der Waals surface area contributed by atoms with E-state index in [-0.39, 0.29) is 10.8 Å². The van der Waals surface area contributed by atoms with E-state index in [1.165, 1.54) is 11.8 Å². The lowest BCUT2D eigenvalue weighted by molar-refractivity contribution is -0.139. The smallest absolute Gasteiger partial charge is 0.315 e. The molecule has 0 aliphatic heterocycles. The molecule has 0 bridgehead atoms. The number of nitrogens with two attached hydrogens (primary N) is 1. The number of carbonyl (C=O) groups is 1. The van der Waals surface area contributed by atoms with Crippen LogP contribution in [0, 0.1) is 0 Å². The average molecular weight is 177 g/mol. The Hall–Kier alpha value is -0.220. The molecule has 0 aromatic carbocycles. The summed E-state index contributed by atoms with van der Waals surface area (Å²) in [5.41, 5.74) is 5.64. The fourth-order valence-corrected chi connectivity index (χ4v) is 1.02. The normalized spacial score (nSPS) is 11.3. The minimum Gasteiger partial charge on any atom is -0.465 e. The van der Waals surface area contributed by atoms with E-state index in [2.05, 4.69) is 0 Å². The summed E-state index contributed by atoms with van der Waals surface area (Å²) in [6.45, 7) is 5.94. The third-order valence-electron chi connectivity index (χ3n) is 0.867. The van der Waals surface area contributed by atoms with Crippen LogP contribution >= 0.6 is 11.8 Å². The summed E-state index contributed by atoms with van der Waals surface area (Å²) in [5.74, 6) is 0.133. The Morgan fingerprint density at radius 3 is 2.55 bits per heavy atom.